The molecule has 0 unspecified atom stereocenters. The molecule has 0 radical (unpaired) electrons. The number of hydrogen-bond donors (Lipinski definition) is 1. The zero-order chi connectivity index (χ0) is 25.8. The highest BCUT2D eigenvalue weighted by Crippen LogP contribution is 2.38. The third-order valence-electron chi connectivity index (χ3n) is 5.16. The number of aromatic carboxylic acids is 1. The number of nitrogens with one attached hydrogen (secondary N) is 1. The summed E-state index contributed by atoms with van der Waals surface area (Å²) in [5.41, 5.74) is 1.68. The van der Waals surface area contributed by atoms with Gasteiger partial charge in [-0.05, 0) is 60.0 Å². The van der Waals surface area contributed by atoms with Gasteiger partial charge in [0.1, 0.15) is 12.3 Å². The maximum atomic E-state index is 12.9. The minimum Gasteiger partial charge on any atom is -0.545 e. The average Bonchev–Trinajstić information content (AvgIpc) is 3.11. The Labute approximate surface area is 216 Å². The molecule has 0 saturated carbocycles. The van der Waals surface area contributed by atoms with Crippen LogP contribution in [0.5, 0.6) is 11.5 Å². The Kier molecular flexibility index (Phi) is 7.47. The van der Waals surface area contributed by atoms with Gasteiger partial charge in [0.05, 0.1) is 23.3 Å². The van der Waals surface area contributed by atoms with Crippen LogP contribution in [0, 0.1) is 0 Å². The van der Waals surface area contributed by atoms with Gasteiger partial charge in [0, 0.05) is 5.02 Å². The van der Waals surface area contributed by atoms with Gasteiger partial charge in [-0.1, -0.05) is 53.5 Å². The summed E-state index contributed by atoms with van der Waals surface area (Å²) in [6.45, 7) is 2.23. The molecule has 3 amide bonds. The molecule has 0 atom stereocenters. The molecule has 1 aliphatic rings. The van der Waals surface area contributed by atoms with Gasteiger partial charge in [-0.25, -0.2) is 9.69 Å². The Morgan fingerprint density at radius 3 is 2.47 bits per heavy atom. The summed E-state index contributed by atoms with van der Waals surface area (Å²) in [4.78, 5) is 37.3. The monoisotopic (exact) mass is 525 g/mol. The predicted molar refractivity (Wildman–Crippen MR) is 133 cm³/mol. The van der Waals surface area contributed by atoms with Crippen LogP contribution in [-0.2, 0) is 11.4 Å². The zero-order valence-corrected chi connectivity index (χ0v) is 20.4. The number of imide groups is 1. The number of anilines is 1. The van der Waals surface area contributed by atoms with Crippen molar-refractivity contribution in [2.24, 2.45) is 0 Å². The van der Waals surface area contributed by atoms with E-state index < -0.39 is 17.9 Å². The summed E-state index contributed by atoms with van der Waals surface area (Å²) in [6.07, 6.45) is 1.49. The molecular weight excluding hydrogens is 507 g/mol. The van der Waals surface area contributed by atoms with Crippen molar-refractivity contribution in [2.75, 3.05) is 11.5 Å². The van der Waals surface area contributed by atoms with Gasteiger partial charge >= 0.3 is 6.03 Å². The van der Waals surface area contributed by atoms with E-state index >= 15 is 0 Å². The smallest absolute Gasteiger partial charge is 0.333 e. The quantitative estimate of drug-likeness (QED) is 0.344. The first kappa shape index (κ1) is 25.1. The maximum absolute atomic E-state index is 12.9. The van der Waals surface area contributed by atoms with Gasteiger partial charge in [0.25, 0.3) is 5.91 Å². The molecule has 10 heteroatoms. The van der Waals surface area contributed by atoms with Crippen molar-refractivity contribution >= 4 is 52.9 Å². The van der Waals surface area contributed by atoms with Crippen LogP contribution in [0.4, 0.5) is 10.5 Å². The van der Waals surface area contributed by atoms with Crippen LogP contribution in [0.1, 0.15) is 28.4 Å². The average molecular weight is 526 g/mol. The molecule has 0 aromatic heterocycles. The van der Waals surface area contributed by atoms with Crippen LogP contribution in [0.3, 0.4) is 0 Å². The molecule has 0 bridgehead atoms. The number of carboxylic acid groups (broad SMARTS) is 1. The molecule has 4 rings (SSSR count). The Morgan fingerprint density at radius 1 is 1.06 bits per heavy atom. The minimum atomic E-state index is -1.26. The number of ether oxygens (including phenoxy) is 2. The molecule has 36 heavy (non-hydrogen) atoms. The summed E-state index contributed by atoms with van der Waals surface area (Å²) in [7, 11) is 0. The van der Waals surface area contributed by atoms with E-state index in [1.54, 1.807) is 49.4 Å². The van der Waals surface area contributed by atoms with Gasteiger partial charge in [-0.3, -0.25) is 4.79 Å². The molecule has 1 heterocycles. The van der Waals surface area contributed by atoms with Crippen LogP contribution in [0.25, 0.3) is 6.08 Å². The molecule has 1 N–H and O–H groups in total. The molecule has 1 aliphatic heterocycles. The fraction of sp³-hybridized carbons (Fsp3) is 0.115. The number of rotatable bonds is 8. The van der Waals surface area contributed by atoms with E-state index in [4.69, 9.17) is 32.7 Å². The lowest BCUT2D eigenvalue weighted by Crippen LogP contribution is -2.30. The van der Waals surface area contributed by atoms with E-state index in [0.29, 0.717) is 34.2 Å². The van der Waals surface area contributed by atoms with Crippen molar-refractivity contribution in [3.63, 3.8) is 0 Å². The number of carbonyl (C=O) groups excluding carboxylic acids is 3. The van der Waals surface area contributed by atoms with Crippen LogP contribution in [-0.4, -0.2) is 24.5 Å². The first-order chi connectivity index (χ1) is 17.3. The second-order valence-electron chi connectivity index (χ2n) is 7.64. The standard InChI is InChI=1S/C26H20Cl2N2O6/c1-2-35-22-12-16(10-20(28)23(22)36-14-15-6-8-17(9-7-15)25(32)33)11-21-24(31)30(26(34)29-21)19-5-3-4-18(27)13-19/h3-13H,2,14H2,1H3,(H,29,34)(H,32,33)/p-1/b21-11+. The normalized spacial score (nSPS) is 14.2. The van der Waals surface area contributed by atoms with Crippen LogP contribution in [0.15, 0.2) is 66.4 Å². The van der Waals surface area contributed by atoms with Crippen LogP contribution < -0.4 is 24.8 Å². The fourth-order valence-electron chi connectivity index (χ4n) is 3.52. The molecule has 8 nitrogen and oxygen atoms in total. The van der Waals surface area contributed by atoms with E-state index in [9.17, 15) is 19.5 Å². The highest BCUT2D eigenvalue weighted by atomic mass is 35.5. The van der Waals surface area contributed by atoms with E-state index in [-0.39, 0.29) is 28.6 Å². The number of urea groups is 1. The molecule has 0 spiro atoms. The van der Waals surface area contributed by atoms with Crippen molar-refractivity contribution in [1.29, 1.82) is 0 Å². The van der Waals surface area contributed by atoms with Crippen LogP contribution in [0.2, 0.25) is 10.0 Å². The molecule has 3 aromatic carbocycles. The number of benzene rings is 3. The van der Waals surface area contributed by atoms with Crippen molar-refractivity contribution < 1.29 is 29.0 Å². The summed E-state index contributed by atoms with van der Waals surface area (Å²) in [5, 5.41) is 14.1. The van der Waals surface area contributed by atoms with Crippen LogP contribution >= 0.6 is 23.2 Å². The molecule has 0 aliphatic carbocycles. The number of carbonyl (C=O) groups is 3. The summed E-state index contributed by atoms with van der Waals surface area (Å²) in [6, 6.07) is 15.1. The summed E-state index contributed by atoms with van der Waals surface area (Å²) >= 11 is 12.5. The molecular formula is C26H19Cl2N2O6-. The Bertz CT molecular complexity index is 1370. The largest absolute Gasteiger partial charge is 0.545 e. The Hall–Kier alpha value is -4.01. The highest BCUT2D eigenvalue weighted by molar-refractivity contribution is 6.33. The van der Waals surface area contributed by atoms with Gasteiger partial charge < -0.3 is 24.7 Å². The molecule has 1 fully saturated rings. The minimum absolute atomic E-state index is 0.0557. The number of amides is 3. The second kappa shape index (κ2) is 10.7. The van der Waals surface area contributed by atoms with Gasteiger partial charge in [0.2, 0.25) is 0 Å². The van der Waals surface area contributed by atoms with Crippen molar-refractivity contribution in [2.45, 2.75) is 13.5 Å². The number of halogens is 2. The number of hydrogen-bond acceptors (Lipinski definition) is 6. The van der Waals surface area contributed by atoms with E-state index in [0.717, 1.165) is 4.90 Å². The number of nitrogens with zero attached hydrogens (tertiary/aromatic N) is 1. The topological polar surface area (TPSA) is 108 Å². The van der Waals surface area contributed by atoms with Crippen molar-refractivity contribution in [3.05, 3.63) is 93.1 Å². The molecule has 3 aromatic rings. The molecule has 184 valence electrons. The fourth-order valence-corrected chi connectivity index (χ4v) is 3.98. The van der Waals surface area contributed by atoms with Crippen molar-refractivity contribution in [1.82, 2.24) is 5.32 Å². The Morgan fingerprint density at radius 2 is 1.81 bits per heavy atom. The maximum Gasteiger partial charge on any atom is 0.333 e. The van der Waals surface area contributed by atoms with Gasteiger partial charge in [-0.15, -0.1) is 0 Å². The van der Waals surface area contributed by atoms with Crippen molar-refractivity contribution in [3.8, 4) is 11.5 Å². The second-order valence-corrected chi connectivity index (χ2v) is 8.49. The third kappa shape index (κ3) is 5.45. The first-order valence-electron chi connectivity index (χ1n) is 10.8. The lowest BCUT2D eigenvalue weighted by molar-refractivity contribution is -0.255. The van der Waals surface area contributed by atoms with E-state index in [1.165, 1.54) is 24.3 Å². The summed E-state index contributed by atoms with van der Waals surface area (Å²) in [5.74, 6) is -1.18. The first-order valence-corrected chi connectivity index (χ1v) is 11.5. The van der Waals surface area contributed by atoms with Gasteiger partial charge in [0.15, 0.2) is 11.5 Å². The lowest BCUT2D eigenvalue weighted by atomic mass is 10.1. The number of carboxylic acids is 1. The molecule has 1 saturated heterocycles. The lowest BCUT2D eigenvalue weighted by Gasteiger charge is -2.15. The Balaban J connectivity index is 1.57. The van der Waals surface area contributed by atoms with Gasteiger partial charge in [-0.2, -0.15) is 0 Å². The third-order valence-corrected chi connectivity index (χ3v) is 5.68. The van der Waals surface area contributed by atoms with E-state index in [1.807, 2.05) is 0 Å². The highest BCUT2D eigenvalue weighted by Gasteiger charge is 2.35. The zero-order valence-electron chi connectivity index (χ0n) is 18.9. The summed E-state index contributed by atoms with van der Waals surface area (Å²) < 4.78 is 11.5. The van der Waals surface area contributed by atoms with E-state index in [2.05, 4.69) is 5.32 Å². The predicted octanol–water partition coefficient (Wildman–Crippen LogP) is 4.43. The SMILES string of the molecule is CCOc1cc(/C=C2/NC(=O)N(c3cccc(Cl)c3)C2=O)cc(Cl)c1OCc1ccc(C(=O)[O-])cc1.